The van der Waals surface area contributed by atoms with Gasteiger partial charge < -0.3 is 10.2 Å². The van der Waals surface area contributed by atoms with Gasteiger partial charge >= 0.3 is 12.1 Å². The fourth-order valence-corrected chi connectivity index (χ4v) is 3.59. The summed E-state index contributed by atoms with van der Waals surface area (Å²) < 4.78 is 37.0. The summed E-state index contributed by atoms with van der Waals surface area (Å²) in [6.07, 6.45) is -3.69. The van der Waals surface area contributed by atoms with Crippen molar-refractivity contribution < 1.29 is 27.8 Å². The SMILES string of the molecule is O=C(N1CCc2ccc([N+](=O)[O-])cc2C1)C(F)(F)F.O=[N+]([O-])c1ccc2c(c1)CNCC2. The summed E-state index contributed by atoms with van der Waals surface area (Å²) in [5.74, 6) is -1.91. The fourth-order valence-electron chi connectivity index (χ4n) is 3.59. The van der Waals surface area contributed by atoms with E-state index in [1.165, 1.54) is 23.8 Å². The number of nitrogens with one attached hydrogen (secondary N) is 1. The van der Waals surface area contributed by atoms with E-state index in [-0.39, 0.29) is 35.8 Å². The summed E-state index contributed by atoms with van der Waals surface area (Å²) in [4.78, 5) is 31.9. The van der Waals surface area contributed by atoms with E-state index in [4.69, 9.17) is 0 Å². The quantitative estimate of drug-likeness (QED) is 0.552. The number of hydrogen-bond donors (Lipinski definition) is 1. The molecule has 12 heteroatoms. The molecule has 0 saturated heterocycles. The third kappa shape index (κ3) is 5.38. The molecular weight excluding hydrogens is 433 g/mol. The van der Waals surface area contributed by atoms with E-state index in [1.54, 1.807) is 12.1 Å². The highest BCUT2D eigenvalue weighted by Gasteiger charge is 2.43. The Bertz CT molecular complexity index is 1060. The number of nitro benzene ring substituents is 2. The number of hydrogen-bond acceptors (Lipinski definition) is 6. The van der Waals surface area contributed by atoms with Crippen LogP contribution in [-0.4, -0.2) is 39.9 Å². The number of nitro groups is 2. The third-order valence-corrected chi connectivity index (χ3v) is 5.23. The number of non-ortho nitro benzene ring substituents is 2. The fraction of sp³-hybridized carbons (Fsp3) is 0.350. The van der Waals surface area contributed by atoms with Gasteiger partial charge in [0.25, 0.3) is 11.4 Å². The molecule has 0 radical (unpaired) electrons. The van der Waals surface area contributed by atoms with Gasteiger partial charge in [-0.3, -0.25) is 25.0 Å². The Hall–Kier alpha value is -3.54. The van der Waals surface area contributed by atoms with Crippen molar-refractivity contribution in [1.82, 2.24) is 10.2 Å². The molecule has 32 heavy (non-hydrogen) atoms. The van der Waals surface area contributed by atoms with Gasteiger partial charge in [-0.25, -0.2) is 0 Å². The van der Waals surface area contributed by atoms with Crippen LogP contribution in [0.25, 0.3) is 0 Å². The number of nitrogens with zero attached hydrogens (tertiary/aromatic N) is 3. The highest BCUT2D eigenvalue weighted by atomic mass is 19.4. The molecule has 2 aromatic rings. The molecule has 0 saturated carbocycles. The molecule has 170 valence electrons. The van der Waals surface area contributed by atoms with Crippen molar-refractivity contribution >= 4 is 17.3 Å². The van der Waals surface area contributed by atoms with E-state index in [0.717, 1.165) is 30.6 Å². The maximum atomic E-state index is 12.3. The van der Waals surface area contributed by atoms with Gasteiger partial charge in [0.15, 0.2) is 0 Å². The second-order valence-electron chi connectivity index (χ2n) is 7.32. The van der Waals surface area contributed by atoms with Crippen molar-refractivity contribution in [2.45, 2.75) is 32.1 Å². The molecular formula is C20H19F3N4O5. The minimum absolute atomic E-state index is 0.0385. The van der Waals surface area contributed by atoms with Crippen LogP contribution in [0.4, 0.5) is 24.5 Å². The zero-order chi connectivity index (χ0) is 23.5. The maximum Gasteiger partial charge on any atom is 0.471 e. The molecule has 0 bridgehead atoms. The second kappa shape index (κ2) is 9.30. The molecule has 2 heterocycles. The number of benzene rings is 2. The van der Waals surface area contributed by atoms with Crippen LogP contribution in [0, 0.1) is 20.2 Å². The molecule has 2 aliphatic heterocycles. The van der Waals surface area contributed by atoms with E-state index in [1.807, 2.05) is 6.07 Å². The Morgan fingerprint density at radius 3 is 2.03 bits per heavy atom. The van der Waals surface area contributed by atoms with Crippen LogP contribution in [0.2, 0.25) is 0 Å². The van der Waals surface area contributed by atoms with Crippen molar-refractivity contribution in [3.63, 3.8) is 0 Å². The number of rotatable bonds is 2. The van der Waals surface area contributed by atoms with Crippen molar-refractivity contribution in [2.75, 3.05) is 13.1 Å². The molecule has 0 unspecified atom stereocenters. The number of carbonyl (C=O) groups excluding carboxylic acids is 1. The molecule has 0 atom stereocenters. The first-order valence-corrected chi connectivity index (χ1v) is 9.65. The zero-order valence-electron chi connectivity index (χ0n) is 16.7. The number of fused-ring (bicyclic) bond motifs is 2. The smallest absolute Gasteiger partial charge is 0.330 e. The van der Waals surface area contributed by atoms with E-state index >= 15 is 0 Å². The molecule has 1 N–H and O–H groups in total. The molecule has 1 amide bonds. The molecule has 0 fully saturated rings. The molecule has 2 aromatic carbocycles. The third-order valence-electron chi connectivity index (χ3n) is 5.23. The van der Waals surface area contributed by atoms with Crippen LogP contribution in [0.1, 0.15) is 22.3 Å². The van der Waals surface area contributed by atoms with Gasteiger partial charge in [-0.15, -0.1) is 0 Å². The molecule has 4 rings (SSSR count). The summed E-state index contributed by atoms with van der Waals surface area (Å²) in [5, 5.41) is 24.3. The molecule has 0 aliphatic carbocycles. The predicted molar refractivity (Wildman–Crippen MR) is 107 cm³/mol. The van der Waals surface area contributed by atoms with Crippen molar-refractivity contribution in [2.24, 2.45) is 0 Å². The number of halogens is 3. The summed E-state index contributed by atoms with van der Waals surface area (Å²) >= 11 is 0. The van der Waals surface area contributed by atoms with Crippen LogP contribution in [0.3, 0.4) is 0 Å². The van der Waals surface area contributed by atoms with Crippen molar-refractivity contribution in [3.8, 4) is 0 Å². The van der Waals surface area contributed by atoms with Gasteiger partial charge in [0.05, 0.1) is 9.85 Å². The average Bonchev–Trinajstić information content (AvgIpc) is 2.77. The Morgan fingerprint density at radius 1 is 0.906 bits per heavy atom. The van der Waals surface area contributed by atoms with E-state index < -0.39 is 17.0 Å². The minimum Gasteiger partial charge on any atom is -0.330 e. The summed E-state index contributed by atoms with van der Waals surface area (Å²) in [5.41, 5.74) is 3.39. The number of amides is 1. The van der Waals surface area contributed by atoms with Gasteiger partial charge in [0.2, 0.25) is 0 Å². The maximum absolute atomic E-state index is 12.3. The number of alkyl halides is 3. The molecule has 0 aromatic heterocycles. The second-order valence-corrected chi connectivity index (χ2v) is 7.32. The standard InChI is InChI=1S/C11H9F3N2O3.C9H10N2O2/c12-11(13,14)10(17)15-4-3-7-1-2-9(16(18)19)5-8(7)6-15;12-11(13)9-2-1-7-3-4-10-6-8(7)5-9/h1-2,5H,3-4,6H2;1-2,5,10H,3-4,6H2. The summed E-state index contributed by atoms with van der Waals surface area (Å²) in [6, 6.07) is 9.12. The normalized spacial score (nSPS) is 15.0. The highest BCUT2D eigenvalue weighted by Crippen LogP contribution is 2.27. The van der Waals surface area contributed by atoms with E-state index in [2.05, 4.69) is 5.32 Å². The first-order chi connectivity index (χ1) is 15.1. The van der Waals surface area contributed by atoms with E-state index in [9.17, 15) is 38.2 Å². The van der Waals surface area contributed by atoms with Gasteiger partial charge in [-0.2, -0.15) is 13.2 Å². The van der Waals surface area contributed by atoms with Gasteiger partial charge in [-0.1, -0.05) is 12.1 Å². The Kier molecular flexibility index (Phi) is 6.72. The number of carbonyl (C=O) groups is 1. The van der Waals surface area contributed by atoms with E-state index in [0.29, 0.717) is 10.5 Å². The molecule has 9 nitrogen and oxygen atoms in total. The predicted octanol–water partition coefficient (Wildman–Crippen LogP) is 3.28. The lowest BCUT2D eigenvalue weighted by Gasteiger charge is -2.29. The first kappa shape index (κ1) is 23.1. The zero-order valence-corrected chi connectivity index (χ0v) is 16.7. The summed E-state index contributed by atoms with van der Waals surface area (Å²) in [6.45, 7) is 1.42. The van der Waals surface area contributed by atoms with Crippen LogP contribution < -0.4 is 5.32 Å². The molecule has 2 aliphatic rings. The van der Waals surface area contributed by atoms with Crippen LogP contribution in [-0.2, 0) is 30.7 Å². The van der Waals surface area contributed by atoms with Gasteiger partial charge in [-0.05, 0) is 41.6 Å². The minimum atomic E-state index is -4.92. The van der Waals surface area contributed by atoms with Crippen LogP contribution in [0.5, 0.6) is 0 Å². The first-order valence-electron chi connectivity index (χ1n) is 9.65. The Balaban J connectivity index is 0.000000193. The largest absolute Gasteiger partial charge is 0.471 e. The lowest BCUT2D eigenvalue weighted by atomic mass is 9.99. The molecule has 0 spiro atoms. The lowest BCUT2D eigenvalue weighted by molar-refractivity contribution is -0.385. The highest BCUT2D eigenvalue weighted by molar-refractivity contribution is 5.82. The van der Waals surface area contributed by atoms with Crippen molar-refractivity contribution in [3.05, 3.63) is 78.9 Å². The van der Waals surface area contributed by atoms with Crippen LogP contribution >= 0.6 is 0 Å². The van der Waals surface area contributed by atoms with Gasteiger partial charge in [0, 0.05) is 43.9 Å². The lowest BCUT2D eigenvalue weighted by Crippen LogP contribution is -2.43. The van der Waals surface area contributed by atoms with Crippen LogP contribution in [0.15, 0.2) is 36.4 Å². The topological polar surface area (TPSA) is 119 Å². The summed E-state index contributed by atoms with van der Waals surface area (Å²) in [7, 11) is 0. The Labute approximate surface area is 180 Å². The monoisotopic (exact) mass is 452 g/mol. The average molecular weight is 452 g/mol. The van der Waals surface area contributed by atoms with Crippen molar-refractivity contribution in [1.29, 1.82) is 0 Å². The Morgan fingerprint density at radius 2 is 1.47 bits per heavy atom. The van der Waals surface area contributed by atoms with Gasteiger partial charge in [0.1, 0.15) is 0 Å².